The van der Waals surface area contributed by atoms with Crippen molar-refractivity contribution in [1.29, 1.82) is 0 Å². The zero-order valence-electron chi connectivity index (χ0n) is 20.2. The number of phosphoric acid groups is 3. The predicted molar refractivity (Wildman–Crippen MR) is 132 cm³/mol. The summed E-state index contributed by atoms with van der Waals surface area (Å²) in [7, 11) is -16.9. The lowest BCUT2D eigenvalue weighted by Gasteiger charge is -2.28. The van der Waals surface area contributed by atoms with Crippen LogP contribution in [0.2, 0.25) is 0 Å². The number of amides is 1. The third-order valence-electron chi connectivity index (χ3n) is 5.55. The lowest BCUT2D eigenvalue weighted by atomic mass is 9.96. The van der Waals surface area contributed by atoms with Crippen LogP contribution in [0, 0.1) is 0 Å². The fourth-order valence-electron chi connectivity index (χ4n) is 4.06. The monoisotopic (exact) mass is 629 g/mol. The van der Waals surface area contributed by atoms with Crippen LogP contribution in [0.25, 0.3) is 10.8 Å². The van der Waals surface area contributed by atoms with Crippen LogP contribution in [-0.4, -0.2) is 76.0 Å². The van der Waals surface area contributed by atoms with Gasteiger partial charge in [-0.15, -0.1) is 0 Å². The van der Waals surface area contributed by atoms with E-state index >= 15 is 0 Å². The first-order valence-electron chi connectivity index (χ1n) is 10.8. The molecule has 4 heterocycles. The van der Waals surface area contributed by atoms with Gasteiger partial charge in [-0.25, -0.2) is 18.7 Å². The molecule has 220 valence electrons. The molecule has 0 aliphatic carbocycles. The number of carbonyl (C=O) groups is 1. The maximum absolute atomic E-state index is 12.2. The summed E-state index contributed by atoms with van der Waals surface area (Å²) in [6, 6.07) is 1.06. The Morgan fingerprint density at radius 3 is 2.52 bits per heavy atom. The molecule has 23 heteroatoms. The van der Waals surface area contributed by atoms with Crippen molar-refractivity contribution in [2.75, 3.05) is 17.2 Å². The number of anilines is 2. The van der Waals surface area contributed by atoms with Crippen LogP contribution in [0.3, 0.4) is 0 Å². The normalized spacial score (nSPS) is 27.1. The van der Waals surface area contributed by atoms with Crippen molar-refractivity contribution in [2.24, 2.45) is 4.99 Å². The van der Waals surface area contributed by atoms with Crippen LogP contribution in [0.5, 0.6) is 0 Å². The minimum absolute atomic E-state index is 0.0487. The number of rotatable bonds is 9. The second kappa shape index (κ2) is 10.5. The molecule has 0 saturated carbocycles. The van der Waals surface area contributed by atoms with E-state index in [0.717, 1.165) is 13.0 Å². The fraction of sp³-hybridized carbons (Fsp3) is 0.412. The molecule has 20 nitrogen and oxygen atoms in total. The Morgan fingerprint density at radius 1 is 1.23 bits per heavy atom. The molecule has 6 atom stereocenters. The molecule has 0 bridgehead atoms. The number of phosphoric ester groups is 1. The Morgan fingerprint density at radius 2 is 1.90 bits per heavy atom. The van der Waals surface area contributed by atoms with Gasteiger partial charge >= 0.3 is 23.5 Å². The van der Waals surface area contributed by atoms with E-state index in [0.29, 0.717) is 0 Å². The summed E-state index contributed by atoms with van der Waals surface area (Å²) in [5.74, 6) is -0.380. The molecule has 2 aromatic heterocycles. The first-order valence-corrected chi connectivity index (χ1v) is 15.3. The van der Waals surface area contributed by atoms with Crippen molar-refractivity contribution < 1.29 is 66.2 Å². The van der Waals surface area contributed by atoms with E-state index in [1.165, 1.54) is 24.0 Å². The van der Waals surface area contributed by atoms with Gasteiger partial charge in [0.1, 0.15) is 29.4 Å². The lowest BCUT2D eigenvalue weighted by Crippen LogP contribution is -2.44. The van der Waals surface area contributed by atoms with Crippen LogP contribution in [0.4, 0.5) is 17.3 Å². The molecule has 0 radical (unpaired) electrons. The molecule has 1 amide bonds. The van der Waals surface area contributed by atoms with Gasteiger partial charge in [0.05, 0.1) is 24.0 Å². The van der Waals surface area contributed by atoms with Crippen LogP contribution in [0.15, 0.2) is 22.1 Å². The number of nitrogens with zero attached hydrogens (tertiary/aromatic N) is 3. The highest BCUT2D eigenvalue weighted by Crippen LogP contribution is 2.66. The Bertz CT molecular complexity index is 1600. The lowest BCUT2D eigenvalue weighted by molar-refractivity contribution is -0.114. The Labute approximate surface area is 222 Å². The number of aliphatic hydroxyl groups is 2. The standard InChI is InChI=1S/C17H22N5O15P3/c1-7(23)20-9-3-11(24)21-14-12-8(9)4-22(15(12)19-6-18-14)16-17(2,26)13(25)10(35-16)5-34-39(30,31)37-40(32,33)36-38(27,28)29/h3-4,6,10,13,16,25-26H,5H2,1-2H3,(H,20,23)(H,30,31)(H,32,33)(H2,27,28,29)(H,18,19,21,24)/t10-,13-,16-,17-/m1/s1. The molecule has 2 unspecified atom stereocenters. The minimum atomic E-state index is -5.79. The average Bonchev–Trinajstić information content (AvgIpc) is 3.20. The summed E-state index contributed by atoms with van der Waals surface area (Å²) in [6.07, 6.45) is -2.37. The van der Waals surface area contributed by atoms with Crippen molar-refractivity contribution in [3.8, 4) is 0 Å². The Hall–Kier alpha value is -2.41. The van der Waals surface area contributed by atoms with Gasteiger partial charge < -0.3 is 49.7 Å². The third-order valence-corrected chi connectivity index (χ3v) is 9.35. The average molecular weight is 629 g/mol. The van der Waals surface area contributed by atoms with Gasteiger partial charge in [-0.1, -0.05) is 0 Å². The summed E-state index contributed by atoms with van der Waals surface area (Å²) in [5, 5.41) is 27.5. The quantitative estimate of drug-likeness (QED) is 0.166. The zero-order valence-corrected chi connectivity index (χ0v) is 22.9. The fourth-order valence-corrected chi connectivity index (χ4v) is 7.09. The maximum Gasteiger partial charge on any atom is 0.490 e. The van der Waals surface area contributed by atoms with E-state index in [-0.39, 0.29) is 28.1 Å². The highest BCUT2D eigenvalue weighted by Gasteiger charge is 2.54. The molecule has 1 saturated heterocycles. The molecular weight excluding hydrogens is 607 g/mol. The van der Waals surface area contributed by atoms with Crippen molar-refractivity contribution in [3.05, 3.63) is 22.6 Å². The number of nitrogens with one attached hydrogen (secondary N) is 2. The van der Waals surface area contributed by atoms with E-state index in [4.69, 9.17) is 14.5 Å². The summed E-state index contributed by atoms with van der Waals surface area (Å²) < 4.78 is 53.1. The van der Waals surface area contributed by atoms with E-state index < -0.39 is 65.6 Å². The summed E-state index contributed by atoms with van der Waals surface area (Å²) in [6.45, 7) is 1.32. The van der Waals surface area contributed by atoms with E-state index in [1.807, 2.05) is 0 Å². The second-order valence-corrected chi connectivity index (χ2v) is 13.1. The van der Waals surface area contributed by atoms with Crippen LogP contribution >= 0.6 is 23.5 Å². The Kier molecular flexibility index (Phi) is 7.98. The molecule has 8 N–H and O–H groups in total. The number of hydrogen-bond acceptors (Lipinski definition) is 14. The molecule has 2 aliphatic heterocycles. The van der Waals surface area contributed by atoms with E-state index in [2.05, 4.69) is 33.8 Å². The van der Waals surface area contributed by atoms with E-state index in [1.54, 1.807) is 0 Å². The SMILES string of the molecule is CC(=O)Nc1cc(=O)nc2c3c(n([C@@H]4O[C@H](COP(=O)(O)OP(=O)(O)OP(=O)(O)O)[C@@H](O)[C@@]4(C)O)cc13)N=CN2. The molecule has 2 aromatic rings. The summed E-state index contributed by atoms with van der Waals surface area (Å²) in [4.78, 5) is 68.3. The van der Waals surface area contributed by atoms with Crippen LogP contribution < -0.4 is 16.2 Å². The van der Waals surface area contributed by atoms with Gasteiger partial charge in [0.25, 0.3) is 5.56 Å². The van der Waals surface area contributed by atoms with Gasteiger partial charge in [-0.3, -0.25) is 14.1 Å². The second-order valence-electron chi connectivity index (χ2n) is 8.67. The van der Waals surface area contributed by atoms with Gasteiger partial charge in [-0.05, 0) is 6.92 Å². The van der Waals surface area contributed by atoms with Gasteiger partial charge in [0, 0.05) is 24.6 Å². The molecular formula is C17H22N5O15P3. The van der Waals surface area contributed by atoms with Gasteiger partial charge in [0.2, 0.25) is 5.91 Å². The largest absolute Gasteiger partial charge is 0.490 e. The van der Waals surface area contributed by atoms with Crippen molar-refractivity contribution in [2.45, 2.75) is 37.9 Å². The van der Waals surface area contributed by atoms with Crippen LogP contribution in [0.1, 0.15) is 20.1 Å². The highest BCUT2D eigenvalue weighted by atomic mass is 31.3. The van der Waals surface area contributed by atoms with Gasteiger partial charge in [-0.2, -0.15) is 13.6 Å². The minimum Gasteiger partial charge on any atom is -0.387 e. The number of hydrogen-bond donors (Lipinski definition) is 8. The smallest absolute Gasteiger partial charge is 0.387 e. The summed E-state index contributed by atoms with van der Waals surface area (Å²) >= 11 is 0. The predicted octanol–water partition coefficient (Wildman–Crippen LogP) is -0.207. The number of aliphatic imine (C=N–C) groups is 1. The summed E-state index contributed by atoms with van der Waals surface area (Å²) in [5.41, 5.74) is -2.79. The number of aliphatic hydroxyl groups excluding tert-OH is 1. The number of carbonyl (C=O) groups excluding carboxylic acids is 1. The number of aromatic nitrogens is 2. The van der Waals surface area contributed by atoms with Gasteiger partial charge in [0.15, 0.2) is 6.23 Å². The van der Waals surface area contributed by atoms with Crippen molar-refractivity contribution in [1.82, 2.24) is 9.55 Å². The first-order chi connectivity index (χ1) is 18.3. The van der Waals surface area contributed by atoms with Crippen molar-refractivity contribution in [3.63, 3.8) is 0 Å². The van der Waals surface area contributed by atoms with E-state index in [9.17, 15) is 43.3 Å². The van der Waals surface area contributed by atoms with Crippen LogP contribution in [-0.2, 0) is 36.4 Å². The third kappa shape index (κ3) is 6.40. The first kappa shape index (κ1) is 30.5. The molecule has 0 spiro atoms. The molecule has 0 aromatic carbocycles. The molecule has 2 aliphatic rings. The zero-order chi connectivity index (χ0) is 29.8. The maximum atomic E-state index is 12.2. The van der Waals surface area contributed by atoms with Crippen molar-refractivity contribution >= 4 is 63.8 Å². The topological polar surface area (TPSA) is 298 Å². The molecule has 40 heavy (non-hydrogen) atoms. The highest BCUT2D eigenvalue weighted by molar-refractivity contribution is 7.66. The number of ether oxygens (including phenoxy) is 1. The molecule has 1 fully saturated rings. The Balaban J connectivity index is 1.65. The molecule has 4 rings (SSSR count).